The second-order valence-corrected chi connectivity index (χ2v) is 6.78. The van der Waals surface area contributed by atoms with E-state index >= 15 is 0 Å². The average Bonchev–Trinajstić information content (AvgIpc) is 2.89. The highest BCUT2D eigenvalue weighted by Gasteiger charge is 2.23. The lowest BCUT2D eigenvalue weighted by molar-refractivity contribution is 0.0930. The number of fused-ring (bicyclic) bond motifs is 1. The highest BCUT2D eigenvalue weighted by atomic mass is 16.5. The van der Waals surface area contributed by atoms with Gasteiger partial charge in [-0.15, -0.1) is 0 Å². The third-order valence-electron chi connectivity index (χ3n) is 5.27. The molecule has 5 heteroatoms. The first kappa shape index (κ1) is 16.1. The van der Waals surface area contributed by atoms with Crippen LogP contribution in [0.15, 0.2) is 42.9 Å². The minimum atomic E-state index is 0.238. The third-order valence-corrected chi connectivity index (χ3v) is 5.27. The number of rotatable bonds is 4. The Labute approximate surface area is 148 Å². The molecule has 1 aromatic carbocycles. The lowest BCUT2D eigenvalue weighted by Crippen LogP contribution is -2.38. The average molecular weight is 336 g/mol. The molecule has 5 nitrogen and oxygen atoms in total. The number of likely N-dealkylation sites (tertiary alicyclic amines) is 1. The van der Waals surface area contributed by atoms with Gasteiger partial charge in [0.15, 0.2) is 0 Å². The summed E-state index contributed by atoms with van der Waals surface area (Å²) in [4.78, 5) is 10.8. The number of benzene rings is 1. The summed E-state index contributed by atoms with van der Waals surface area (Å²) in [6, 6.07) is 8.68. The molecule has 1 saturated heterocycles. The van der Waals surface area contributed by atoms with Gasteiger partial charge in [0.2, 0.25) is 5.88 Å². The Hall–Kier alpha value is -2.40. The van der Waals surface area contributed by atoms with Crippen LogP contribution in [0.3, 0.4) is 0 Å². The summed E-state index contributed by atoms with van der Waals surface area (Å²) in [6.45, 7) is 5.32. The number of aryl methyl sites for hydroxylation is 1. The van der Waals surface area contributed by atoms with Gasteiger partial charge in [0.1, 0.15) is 6.10 Å². The van der Waals surface area contributed by atoms with Crippen molar-refractivity contribution >= 4 is 10.9 Å². The molecule has 0 radical (unpaired) electrons. The van der Waals surface area contributed by atoms with Crippen LogP contribution < -0.4 is 4.74 Å². The SMILES string of the molecule is Cc1c(CN2CCC(Oc3cnccn3)CC2)c2ccccc2n1C. The number of piperidine rings is 1. The quantitative estimate of drug-likeness (QED) is 0.733. The normalized spacial score (nSPS) is 16.4. The van der Waals surface area contributed by atoms with Gasteiger partial charge in [-0.1, -0.05) is 18.2 Å². The monoisotopic (exact) mass is 336 g/mol. The Balaban J connectivity index is 1.42. The van der Waals surface area contributed by atoms with Crippen molar-refractivity contribution in [3.8, 4) is 5.88 Å². The standard InChI is InChI=1S/C20H24N4O/c1-15-18(17-5-3-4-6-19(17)23(15)2)14-24-11-7-16(8-12-24)25-20-13-21-9-10-22-20/h3-6,9-10,13,16H,7-8,11-12,14H2,1-2H3. The Kier molecular flexibility index (Phi) is 4.40. The maximum Gasteiger partial charge on any atom is 0.232 e. The molecule has 3 aromatic rings. The van der Waals surface area contributed by atoms with E-state index in [0.717, 1.165) is 32.5 Å². The Morgan fingerprint density at radius 1 is 1.16 bits per heavy atom. The molecule has 0 spiro atoms. The van der Waals surface area contributed by atoms with E-state index in [1.807, 2.05) is 0 Å². The Bertz CT molecular complexity index is 851. The number of aromatic nitrogens is 3. The zero-order valence-corrected chi connectivity index (χ0v) is 14.9. The van der Waals surface area contributed by atoms with Crippen molar-refractivity contribution in [3.05, 3.63) is 54.1 Å². The number of hydrogen-bond donors (Lipinski definition) is 0. The zero-order chi connectivity index (χ0) is 17.2. The van der Waals surface area contributed by atoms with E-state index in [2.05, 4.69) is 57.7 Å². The highest BCUT2D eigenvalue weighted by molar-refractivity contribution is 5.85. The summed E-state index contributed by atoms with van der Waals surface area (Å²) < 4.78 is 8.25. The molecule has 0 aliphatic carbocycles. The van der Waals surface area contributed by atoms with Crippen molar-refractivity contribution in [2.24, 2.45) is 7.05 Å². The minimum Gasteiger partial charge on any atom is -0.473 e. The fourth-order valence-electron chi connectivity index (χ4n) is 3.72. The van der Waals surface area contributed by atoms with Gasteiger partial charge in [0.05, 0.1) is 6.20 Å². The van der Waals surface area contributed by atoms with E-state index < -0.39 is 0 Å². The van der Waals surface area contributed by atoms with Crippen LogP contribution in [0.1, 0.15) is 24.1 Å². The van der Waals surface area contributed by atoms with Crippen LogP contribution in [0, 0.1) is 6.92 Å². The molecule has 2 aromatic heterocycles. The van der Waals surface area contributed by atoms with Crippen LogP contribution in [0.2, 0.25) is 0 Å². The molecule has 0 unspecified atom stereocenters. The molecule has 1 aliphatic rings. The van der Waals surface area contributed by atoms with Crippen LogP contribution in [0.4, 0.5) is 0 Å². The van der Waals surface area contributed by atoms with E-state index in [0.29, 0.717) is 5.88 Å². The second kappa shape index (κ2) is 6.84. The molecule has 3 heterocycles. The lowest BCUT2D eigenvalue weighted by atomic mass is 10.1. The molecule has 1 fully saturated rings. The summed E-state index contributed by atoms with van der Waals surface area (Å²) in [7, 11) is 2.15. The summed E-state index contributed by atoms with van der Waals surface area (Å²) >= 11 is 0. The van der Waals surface area contributed by atoms with Gasteiger partial charge in [-0.3, -0.25) is 9.88 Å². The van der Waals surface area contributed by atoms with Crippen LogP contribution >= 0.6 is 0 Å². The van der Waals surface area contributed by atoms with E-state index in [1.165, 1.54) is 22.2 Å². The van der Waals surface area contributed by atoms with Crippen LogP contribution in [-0.4, -0.2) is 38.6 Å². The van der Waals surface area contributed by atoms with E-state index in [4.69, 9.17) is 4.74 Å². The van der Waals surface area contributed by atoms with Crippen molar-refractivity contribution < 1.29 is 4.74 Å². The van der Waals surface area contributed by atoms with Gasteiger partial charge in [-0.2, -0.15) is 0 Å². The van der Waals surface area contributed by atoms with E-state index in [1.54, 1.807) is 18.6 Å². The predicted octanol–water partition coefficient (Wildman–Crippen LogP) is 3.32. The van der Waals surface area contributed by atoms with Crippen molar-refractivity contribution in [2.45, 2.75) is 32.4 Å². The van der Waals surface area contributed by atoms with E-state index in [9.17, 15) is 0 Å². The first-order valence-corrected chi connectivity index (χ1v) is 8.90. The molecule has 0 saturated carbocycles. The number of ether oxygens (including phenoxy) is 1. The van der Waals surface area contributed by atoms with Gasteiger partial charge < -0.3 is 9.30 Å². The minimum absolute atomic E-state index is 0.238. The van der Waals surface area contributed by atoms with Crippen LogP contribution in [-0.2, 0) is 13.6 Å². The molecule has 0 bridgehead atoms. The molecule has 1 aliphatic heterocycles. The third kappa shape index (κ3) is 3.24. The maximum absolute atomic E-state index is 5.95. The second-order valence-electron chi connectivity index (χ2n) is 6.78. The van der Waals surface area contributed by atoms with Gasteiger partial charge in [0, 0.05) is 55.7 Å². The van der Waals surface area contributed by atoms with Gasteiger partial charge >= 0.3 is 0 Å². The van der Waals surface area contributed by atoms with Crippen molar-refractivity contribution in [3.63, 3.8) is 0 Å². The van der Waals surface area contributed by atoms with Crippen molar-refractivity contribution in [1.29, 1.82) is 0 Å². The van der Waals surface area contributed by atoms with Crippen molar-refractivity contribution in [2.75, 3.05) is 13.1 Å². The summed E-state index contributed by atoms with van der Waals surface area (Å²) in [5, 5.41) is 1.38. The summed E-state index contributed by atoms with van der Waals surface area (Å²) in [5.41, 5.74) is 4.13. The fraction of sp³-hybridized carbons (Fsp3) is 0.400. The topological polar surface area (TPSA) is 43.2 Å². The lowest BCUT2D eigenvalue weighted by Gasteiger charge is -2.31. The first-order chi connectivity index (χ1) is 12.2. The Morgan fingerprint density at radius 3 is 2.72 bits per heavy atom. The largest absolute Gasteiger partial charge is 0.473 e. The van der Waals surface area contributed by atoms with Crippen molar-refractivity contribution in [1.82, 2.24) is 19.4 Å². The first-order valence-electron chi connectivity index (χ1n) is 8.90. The molecular formula is C20H24N4O. The van der Waals surface area contributed by atoms with E-state index in [-0.39, 0.29) is 6.10 Å². The molecular weight excluding hydrogens is 312 g/mol. The number of para-hydroxylation sites is 1. The predicted molar refractivity (Wildman–Crippen MR) is 98.6 cm³/mol. The maximum atomic E-state index is 5.95. The van der Waals surface area contributed by atoms with Crippen LogP contribution in [0.5, 0.6) is 5.88 Å². The van der Waals surface area contributed by atoms with Crippen LogP contribution in [0.25, 0.3) is 10.9 Å². The highest BCUT2D eigenvalue weighted by Crippen LogP contribution is 2.27. The summed E-state index contributed by atoms with van der Waals surface area (Å²) in [5.74, 6) is 0.630. The molecule has 25 heavy (non-hydrogen) atoms. The van der Waals surface area contributed by atoms with Gasteiger partial charge in [0.25, 0.3) is 0 Å². The number of nitrogens with zero attached hydrogens (tertiary/aromatic N) is 4. The Morgan fingerprint density at radius 2 is 1.96 bits per heavy atom. The summed E-state index contributed by atoms with van der Waals surface area (Å²) in [6.07, 6.45) is 7.32. The molecule has 130 valence electrons. The van der Waals surface area contributed by atoms with Gasteiger partial charge in [-0.05, 0) is 31.4 Å². The van der Waals surface area contributed by atoms with Gasteiger partial charge in [-0.25, -0.2) is 4.98 Å². The molecule has 0 N–H and O–H groups in total. The molecule has 4 rings (SSSR count). The fourth-order valence-corrected chi connectivity index (χ4v) is 3.72. The smallest absolute Gasteiger partial charge is 0.232 e. The molecule has 0 amide bonds. The molecule has 0 atom stereocenters. The zero-order valence-electron chi connectivity index (χ0n) is 14.9. The number of hydrogen-bond acceptors (Lipinski definition) is 4.